The monoisotopic (exact) mass is 228 g/mol. The van der Waals surface area contributed by atoms with Crippen LogP contribution in [0, 0.1) is 6.92 Å². The quantitative estimate of drug-likeness (QED) is 0.791. The summed E-state index contributed by atoms with van der Waals surface area (Å²) in [7, 11) is 2.93. The van der Waals surface area contributed by atoms with Crippen molar-refractivity contribution in [2.24, 2.45) is 0 Å². The highest BCUT2D eigenvalue weighted by atomic mass is 35.5. The van der Waals surface area contributed by atoms with Crippen LogP contribution >= 0.6 is 11.6 Å². The molecule has 2 amide bonds. The van der Waals surface area contributed by atoms with Gasteiger partial charge < -0.3 is 5.32 Å². The molecule has 82 valence electrons. The molecule has 0 heterocycles. The Kier molecular flexibility index (Phi) is 3.94. The summed E-state index contributed by atoms with van der Waals surface area (Å²) < 4.78 is 0. The topological polar surface area (TPSA) is 41.6 Å². The third-order valence-corrected chi connectivity index (χ3v) is 2.33. The summed E-state index contributed by atoms with van der Waals surface area (Å²) in [5.41, 5.74) is 1.51. The molecule has 1 rings (SSSR count). The lowest BCUT2D eigenvalue weighted by molar-refractivity contribution is -0.0598. The molecule has 0 bridgehead atoms. The highest BCUT2D eigenvalue weighted by Crippen LogP contribution is 2.25. The van der Waals surface area contributed by atoms with E-state index in [0.717, 1.165) is 10.6 Å². The third kappa shape index (κ3) is 2.84. The molecule has 0 spiro atoms. The predicted molar refractivity (Wildman–Crippen MR) is 60.0 cm³/mol. The third-order valence-electron chi connectivity index (χ3n) is 2.01. The lowest BCUT2D eigenvalue weighted by Gasteiger charge is -2.16. The van der Waals surface area contributed by atoms with Gasteiger partial charge in [-0.3, -0.25) is 4.84 Å². The minimum atomic E-state index is -0.367. The first-order valence-electron chi connectivity index (χ1n) is 4.40. The summed E-state index contributed by atoms with van der Waals surface area (Å²) >= 11 is 5.95. The molecular formula is C10H13ClN2O2. The smallest absolute Gasteiger partial charge is 0.304 e. The van der Waals surface area contributed by atoms with E-state index in [0.29, 0.717) is 10.7 Å². The maximum absolute atomic E-state index is 11.5. The van der Waals surface area contributed by atoms with E-state index in [1.165, 1.54) is 14.2 Å². The molecule has 0 aliphatic carbocycles. The number of para-hydroxylation sites is 1. The Hall–Kier alpha value is -1.26. The van der Waals surface area contributed by atoms with Crippen LogP contribution in [0.25, 0.3) is 0 Å². The normalized spacial score (nSPS) is 9.87. The van der Waals surface area contributed by atoms with Crippen molar-refractivity contribution >= 4 is 23.3 Å². The van der Waals surface area contributed by atoms with Crippen molar-refractivity contribution in [2.75, 3.05) is 19.5 Å². The van der Waals surface area contributed by atoms with Crippen molar-refractivity contribution in [1.82, 2.24) is 5.06 Å². The Balaban J connectivity index is 2.85. The Labute approximate surface area is 93.7 Å². The van der Waals surface area contributed by atoms with Gasteiger partial charge in [0, 0.05) is 7.05 Å². The van der Waals surface area contributed by atoms with E-state index >= 15 is 0 Å². The van der Waals surface area contributed by atoms with Crippen LogP contribution in [0.5, 0.6) is 0 Å². The molecule has 0 saturated carbocycles. The van der Waals surface area contributed by atoms with Crippen LogP contribution in [0.3, 0.4) is 0 Å². The molecule has 0 aromatic heterocycles. The number of amides is 2. The second-order valence-electron chi connectivity index (χ2n) is 3.04. The number of nitrogens with zero attached hydrogens (tertiary/aromatic N) is 1. The molecule has 0 aliphatic rings. The Morgan fingerprint density at radius 2 is 2.20 bits per heavy atom. The molecule has 0 unspecified atom stereocenters. The van der Waals surface area contributed by atoms with E-state index in [-0.39, 0.29) is 6.03 Å². The molecule has 0 aliphatic heterocycles. The lowest BCUT2D eigenvalue weighted by atomic mass is 10.2. The summed E-state index contributed by atoms with van der Waals surface area (Å²) in [5.74, 6) is 0. The summed E-state index contributed by atoms with van der Waals surface area (Å²) in [4.78, 5) is 16.2. The van der Waals surface area contributed by atoms with Gasteiger partial charge in [-0.05, 0) is 18.6 Å². The second kappa shape index (κ2) is 5.00. The average molecular weight is 229 g/mol. The van der Waals surface area contributed by atoms with E-state index in [9.17, 15) is 4.79 Å². The number of benzene rings is 1. The van der Waals surface area contributed by atoms with Gasteiger partial charge in [0.2, 0.25) is 0 Å². The van der Waals surface area contributed by atoms with Gasteiger partial charge in [0.15, 0.2) is 0 Å². The van der Waals surface area contributed by atoms with Crippen molar-refractivity contribution in [3.63, 3.8) is 0 Å². The molecule has 0 fully saturated rings. The van der Waals surface area contributed by atoms with E-state index in [4.69, 9.17) is 16.4 Å². The number of aryl methyl sites for hydroxylation is 1. The number of carbonyl (C=O) groups excluding carboxylic acids is 1. The molecule has 5 heteroatoms. The van der Waals surface area contributed by atoms with Crippen molar-refractivity contribution < 1.29 is 9.63 Å². The number of rotatable bonds is 2. The van der Waals surface area contributed by atoms with Gasteiger partial charge in [0.1, 0.15) is 0 Å². The number of nitrogens with one attached hydrogen (secondary N) is 1. The zero-order chi connectivity index (χ0) is 11.4. The highest BCUT2D eigenvalue weighted by molar-refractivity contribution is 6.33. The van der Waals surface area contributed by atoms with E-state index < -0.39 is 0 Å². The van der Waals surface area contributed by atoms with E-state index in [1.807, 2.05) is 19.1 Å². The first-order chi connectivity index (χ1) is 7.06. The Morgan fingerprint density at radius 1 is 1.53 bits per heavy atom. The van der Waals surface area contributed by atoms with Crippen molar-refractivity contribution in [3.8, 4) is 0 Å². The Bertz CT molecular complexity index is 348. The first-order valence-corrected chi connectivity index (χ1v) is 4.78. The van der Waals surface area contributed by atoms with E-state index in [1.54, 1.807) is 6.07 Å². The molecule has 1 aromatic carbocycles. The lowest BCUT2D eigenvalue weighted by Crippen LogP contribution is -2.30. The van der Waals surface area contributed by atoms with Crippen molar-refractivity contribution in [3.05, 3.63) is 28.8 Å². The predicted octanol–water partition coefficient (Wildman–Crippen LogP) is 2.67. The van der Waals surface area contributed by atoms with Crippen molar-refractivity contribution in [1.29, 1.82) is 0 Å². The molecule has 0 saturated heterocycles. The summed E-state index contributed by atoms with van der Waals surface area (Å²) in [6, 6.07) is 5.05. The molecule has 4 nitrogen and oxygen atoms in total. The molecule has 0 atom stereocenters. The number of carbonyl (C=O) groups is 1. The molecule has 1 aromatic rings. The van der Waals surface area contributed by atoms with Crippen LogP contribution in [0.2, 0.25) is 5.02 Å². The Morgan fingerprint density at radius 3 is 2.73 bits per heavy atom. The highest BCUT2D eigenvalue weighted by Gasteiger charge is 2.11. The minimum Gasteiger partial charge on any atom is -0.304 e. The zero-order valence-electron chi connectivity index (χ0n) is 8.87. The van der Waals surface area contributed by atoms with Crippen LogP contribution < -0.4 is 5.32 Å². The van der Waals surface area contributed by atoms with Crippen molar-refractivity contribution in [2.45, 2.75) is 6.92 Å². The number of halogens is 1. The number of urea groups is 1. The van der Waals surface area contributed by atoms with Gasteiger partial charge in [-0.2, -0.15) is 0 Å². The van der Waals surface area contributed by atoms with Gasteiger partial charge in [-0.15, -0.1) is 0 Å². The van der Waals surface area contributed by atoms with Gasteiger partial charge in [-0.1, -0.05) is 23.7 Å². The van der Waals surface area contributed by atoms with Gasteiger partial charge >= 0.3 is 6.03 Å². The van der Waals surface area contributed by atoms with Crippen LogP contribution in [-0.2, 0) is 4.84 Å². The summed E-state index contributed by atoms with van der Waals surface area (Å²) in [5, 5.41) is 4.25. The number of hydroxylamine groups is 2. The fraction of sp³-hybridized carbons (Fsp3) is 0.300. The summed E-state index contributed by atoms with van der Waals surface area (Å²) in [6.45, 7) is 1.87. The second-order valence-corrected chi connectivity index (χ2v) is 3.45. The van der Waals surface area contributed by atoms with Gasteiger partial charge in [0.05, 0.1) is 17.8 Å². The van der Waals surface area contributed by atoms with Crippen LogP contribution in [0.15, 0.2) is 18.2 Å². The van der Waals surface area contributed by atoms with Gasteiger partial charge in [0.25, 0.3) is 0 Å². The minimum absolute atomic E-state index is 0.367. The summed E-state index contributed by atoms with van der Waals surface area (Å²) in [6.07, 6.45) is 0. The largest absolute Gasteiger partial charge is 0.345 e. The van der Waals surface area contributed by atoms with E-state index in [2.05, 4.69) is 5.32 Å². The van der Waals surface area contributed by atoms with Crippen LogP contribution in [0.4, 0.5) is 10.5 Å². The SMILES string of the molecule is CON(C)C(=O)Nc1c(C)cccc1Cl. The molecule has 1 N–H and O–H groups in total. The van der Waals surface area contributed by atoms with Crippen LogP contribution in [0.1, 0.15) is 5.56 Å². The molecule has 15 heavy (non-hydrogen) atoms. The first kappa shape index (κ1) is 11.8. The zero-order valence-corrected chi connectivity index (χ0v) is 9.63. The van der Waals surface area contributed by atoms with Crippen LogP contribution in [-0.4, -0.2) is 25.3 Å². The fourth-order valence-electron chi connectivity index (χ4n) is 1.06. The maximum atomic E-state index is 11.5. The molecule has 0 radical (unpaired) electrons. The fourth-order valence-corrected chi connectivity index (χ4v) is 1.33. The standard InChI is InChI=1S/C10H13ClN2O2/c1-7-5-4-6-8(11)9(7)12-10(14)13(2)15-3/h4-6H,1-3H3,(H,12,14). The number of hydrogen-bond donors (Lipinski definition) is 1. The number of anilines is 1. The number of hydrogen-bond acceptors (Lipinski definition) is 2. The molecular weight excluding hydrogens is 216 g/mol. The van der Waals surface area contributed by atoms with Gasteiger partial charge in [-0.25, -0.2) is 9.86 Å². The average Bonchev–Trinajstić information content (AvgIpc) is 2.22. The maximum Gasteiger partial charge on any atom is 0.345 e.